The first kappa shape index (κ1) is 20.1. The molecule has 1 aromatic rings. The lowest BCUT2D eigenvalue weighted by atomic mass is 9.43. The number of carbonyl (C=O) groups excluding carboxylic acids is 2. The van der Waals surface area contributed by atoms with Gasteiger partial charge in [-0.25, -0.2) is 4.79 Å². The lowest BCUT2D eigenvalue weighted by molar-refractivity contribution is -0.200. The summed E-state index contributed by atoms with van der Waals surface area (Å²) in [5.74, 6) is -0.0420. The molecule has 4 saturated carbocycles. The molecule has 0 aromatic carbocycles. The Kier molecular flexibility index (Phi) is 4.43. The highest BCUT2D eigenvalue weighted by atomic mass is 16.4. The molecule has 0 bridgehead atoms. The molecule has 0 aliphatic heterocycles. The van der Waals surface area contributed by atoms with Gasteiger partial charge in [-0.3, -0.25) is 4.79 Å². The molecular formula is C24H30O6. The molecular weight excluding hydrogens is 384 g/mol. The molecule has 0 amide bonds. The Morgan fingerprint density at radius 3 is 2.63 bits per heavy atom. The number of aliphatic hydroxyl groups excluding tert-OH is 1. The Labute approximate surface area is 175 Å². The van der Waals surface area contributed by atoms with E-state index in [1.54, 1.807) is 6.07 Å². The third-order valence-electron chi connectivity index (χ3n) is 9.54. The normalized spacial score (nSPS) is 47.8. The van der Waals surface area contributed by atoms with E-state index in [-0.39, 0.29) is 35.9 Å². The Balaban J connectivity index is 1.54. The predicted molar refractivity (Wildman–Crippen MR) is 108 cm³/mol. The van der Waals surface area contributed by atoms with Gasteiger partial charge in [0.15, 0.2) is 0 Å². The summed E-state index contributed by atoms with van der Waals surface area (Å²) in [6.45, 7) is 2.04. The Morgan fingerprint density at radius 2 is 1.93 bits per heavy atom. The van der Waals surface area contributed by atoms with Crippen molar-refractivity contribution in [3.8, 4) is 0 Å². The first-order valence-electron chi connectivity index (χ1n) is 11.2. The largest absolute Gasteiger partial charge is 0.431 e. The summed E-state index contributed by atoms with van der Waals surface area (Å²) in [6, 6.07) is 3.05. The molecule has 0 spiro atoms. The van der Waals surface area contributed by atoms with Crippen LogP contribution in [0, 0.1) is 28.6 Å². The van der Waals surface area contributed by atoms with Crippen LogP contribution in [0.25, 0.3) is 0 Å². The van der Waals surface area contributed by atoms with Gasteiger partial charge in [-0.2, -0.15) is 0 Å². The van der Waals surface area contributed by atoms with Crippen molar-refractivity contribution in [3.05, 3.63) is 34.4 Å². The molecule has 0 radical (unpaired) electrons. The van der Waals surface area contributed by atoms with Crippen LogP contribution >= 0.6 is 0 Å². The van der Waals surface area contributed by atoms with Crippen molar-refractivity contribution in [1.29, 1.82) is 0 Å². The zero-order chi connectivity index (χ0) is 21.3. The van der Waals surface area contributed by atoms with Crippen LogP contribution in [0.5, 0.6) is 0 Å². The zero-order valence-corrected chi connectivity index (χ0v) is 17.4. The lowest BCUT2D eigenvalue weighted by Gasteiger charge is -2.62. The smallest absolute Gasteiger partial charge is 0.335 e. The molecule has 5 rings (SSSR count). The minimum Gasteiger partial charge on any atom is -0.431 e. The van der Waals surface area contributed by atoms with Gasteiger partial charge in [-0.15, -0.1) is 0 Å². The maximum atomic E-state index is 12.5. The Bertz CT molecular complexity index is 917. The van der Waals surface area contributed by atoms with Gasteiger partial charge in [-0.1, -0.05) is 6.92 Å². The summed E-state index contributed by atoms with van der Waals surface area (Å²) in [5, 5.41) is 23.2. The van der Waals surface area contributed by atoms with Crippen LogP contribution in [0.4, 0.5) is 0 Å². The van der Waals surface area contributed by atoms with Gasteiger partial charge in [0.2, 0.25) is 0 Å². The van der Waals surface area contributed by atoms with E-state index >= 15 is 0 Å². The molecule has 8 atom stereocenters. The van der Waals surface area contributed by atoms with Gasteiger partial charge >= 0.3 is 5.63 Å². The molecule has 2 N–H and O–H groups in total. The van der Waals surface area contributed by atoms with Crippen molar-refractivity contribution >= 4 is 12.1 Å². The molecule has 1 heterocycles. The van der Waals surface area contributed by atoms with Crippen molar-refractivity contribution in [1.82, 2.24) is 0 Å². The van der Waals surface area contributed by atoms with Gasteiger partial charge in [-0.05, 0) is 61.5 Å². The maximum absolute atomic E-state index is 12.5. The SMILES string of the molecule is C[C@]12CC[C@@H]3[C@@H](CC[C@H]4CC(=O)CC[C@@]43C=O)[C@@]1(O)C[C@H](O)[C@H]2c1ccc(=O)oc1. The minimum atomic E-state index is -1.10. The number of hydrogen-bond acceptors (Lipinski definition) is 6. The van der Waals surface area contributed by atoms with E-state index in [4.69, 9.17) is 4.42 Å². The standard InChI is InChI=1S/C24H30O6/c1-22-8-7-17-18(4-3-15-10-16(26)6-9-23(15,17)13-25)24(22,29)11-19(27)21(22)14-2-5-20(28)30-12-14/h2,5,12-13,15,17-19,21,27,29H,3-4,6-11H2,1H3/t15-,17+,18+,19-,21+,22+,23+,24-/m0/s1. The van der Waals surface area contributed by atoms with E-state index < -0.39 is 28.2 Å². The fourth-order valence-corrected chi connectivity index (χ4v) is 8.13. The first-order valence-corrected chi connectivity index (χ1v) is 11.2. The number of hydrogen-bond donors (Lipinski definition) is 2. The van der Waals surface area contributed by atoms with Crippen molar-refractivity contribution in [2.75, 3.05) is 0 Å². The number of aldehydes is 1. The van der Waals surface area contributed by atoms with Crippen LogP contribution in [0.3, 0.4) is 0 Å². The van der Waals surface area contributed by atoms with E-state index in [9.17, 15) is 24.6 Å². The average molecular weight is 414 g/mol. The third-order valence-corrected chi connectivity index (χ3v) is 9.54. The fraction of sp³-hybridized carbons (Fsp3) is 0.708. The number of rotatable bonds is 2. The number of Topliss-reactive ketones (excluding diaryl/α,β-unsaturated/α-hetero) is 1. The van der Waals surface area contributed by atoms with Crippen LogP contribution in [0.2, 0.25) is 0 Å². The molecule has 6 nitrogen and oxygen atoms in total. The number of carbonyl (C=O) groups is 2. The highest BCUT2D eigenvalue weighted by Crippen LogP contribution is 2.70. The van der Waals surface area contributed by atoms with E-state index in [2.05, 4.69) is 0 Å². The van der Waals surface area contributed by atoms with Crippen LogP contribution in [0.1, 0.15) is 69.8 Å². The van der Waals surface area contributed by atoms with Crippen molar-refractivity contribution in [2.45, 2.75) is 75.9 Å². The van der Waals surface area contributed by atoms with Crippen LogP contribution in [-0.4, -0.2) is 34.0 Å². The molecule has 162 valence electrons. The van der Waals surface area contributed by atoms with Gasteiger partial charge in [0, 0.05) is 42.1 Å². The fourth-order valence-electron chi connectivity index (χ4n) is 8.13. The Morgan fingerprint density at radius 1 is 1.13 bits per heavy atom. The topological polar surface area (TPSA) is 105 Å². The zero-order valence-electron chi connectivity index (χ0n) is 17.4. The van der Waals surface area contributed by atoms with E-state index in [1.165, 1.54) is 12.3 Å². The summed E-state index contributed by atoms with van der Waals surface area (Å²) in [4.78, 5) is 35.9. The molecule has 6 heteroatoms. The summed E-state index contributed by atoms with van der Waals surface area (Å²) < 4.78 is 5.07. The average Bonchev–Trinajstić information content (AvgIpc) is 2.93. The third kappa shape index (κ3) is 2.46. The highest BCUT2D eigenvalue weighted by Gasteiger charge is 2.70. The van der Waals surface area contributed by atoms with E-state index in [0.29, 0.717) is 25.7 Å². The quantitative estimate of drug-likeness (QED) is 0.721. The number of aliphatic hydroxyl groups is 2. The van der Waals surface area contributed by atoms with Crippen LogP contribution in [0.15, 0.2) is 27.6 Å². The highest BCUT2D eigenvalue weighted by molar-refractivity contribution is 5.82. The second-order valence-electron chi connectivity index (χ2n) is 10.5. The van der Waals surface area contributed by atoms with Crippen LogP contribution < -0.4 is 5.63 Å². The van der Waals surface area contributed by atoms with E-state index in [1.807, 2.05) is 6.92 Å². The second-order valence-corrected chi connectivity index (χ2v) is 10.5. The van der Waals surface area contributed by atoms with Gasteiger partial charge in [0.25, 0.3) is 0 Å². The monoisotopic (exact) mass is 414 g/mol. The lowest BCUT2D eigenvalue weighted by Crippen LogP contribution is -2.62. The summed E-state index contributed by atoms with van der Waals surface area (Å²) in [6.07, 6.45) is 6.56. The first-order chi connectivity index (χ1) is 14.2. The van der Waals surface area contributed by atoms with E-state index in [0.717, 1.165) is 31.1 Å². The van der Waals surface area contributed by atoms with Crippen molar-refractivity contribution in [2.24, 2.45) is 28.6 Å². The molecule has 4 aliphatic rings. The summed E-state index contributed by atoms with van der Waals surface area (Å²) >= 11 is 0. The van der Waals surface area contributed by atoms with Crippen molar-refractivity contribution in [3.63, 3.8) is 0 Å². The van der Waals surface area contributed by atoms with Gasteiger partial charge < -0.3 is 19.4 Å². The molecule has 0 saturated heterocycles. The molecule has 0 unspecified atom stereocenters. The molecule has 4 fully saturated rings. The molecule has 1 aromatic heterocycles. The summed E-state index contributed by atoms with van der Waals surface area (Å²) in [7, 11) is 0. The second kappa shape index (κ2) is 6.60. The maximum Gasteiger partial charge on any atom is 0.335 e. The predicted octanol–water partition coefficient (Wildman–Crippen LogP) is 2.60. The summed E-state index contributed by atoms with van der Waals surface area (Å²) in [5.41, 5.74) is -1.90. The number of fused-ring (bicyclic) bond motifs is 5. The number of ketones is 1. The molecule has 30 heavy (non-hydrogen) atoms. The Hall–Kier alpha value is -1.79. The minimum absolute atomic E-state index is 0.0413. The molecule has 4 aliphatic carbocycles. The van der Waals surface area contributed by atoms with Gasteiger partial charge in [0.05, 0.1) is 18.0 Å². The van der Waals surface area contributed by atoms with Crippen LogP contribution in [-0.2, 0) is 9.59 Å². The van der Waals surface area contributed by atoms with Crippen molar-refractivity contribution < 1.29 is 24.2 Å². The van der Waals surface area contributed by atoms with Gasteiger partial charge in [0.1, 0.15) is 12.1 Å².